The summed E-state index contributed by atoms with van der Waals surface area (Å²) in [5.41, 5.74) is 4.90. The predicted molar refractivity (Wildman–Crippen MR) is 152 cm³/mol. The van der Waals surface area contributed by atoms with Crippen LogP contribution in [0.3, 0.4) is 0 Å². The monoisotopic (exact) mass is 523 g/mol. The fourth-order valence-electron chi connectivity index (χ4n) is 4.64. The fourth-order valence-corrected chi connectivity index (χ4v) is 4.64. The van der Waals surface area contributed by atoms with Gasteiger partial charge in [-0.2, -0.15) is 5.26 Å². The number of anilines is 1. The normalized spacial score (nSPS) is 13.4. The summed E-state index contributed by atoms with van der Waals surface area (Å²) < 4.78 is 11.5. The van der Waals surface area contributed by atoms with E-state index in [-0.39, 0.29) is 11.5 Å². The lowest BCUT2D eigenvalue weighted by molar-refractivity contribution is -0.112. The third kappa shape index (κ3) is 7.26. The standard InChI is InChI=1S/C32H33N3O4/c1-22-15-23(2)17-28(16-22)34-31(36)27(20-33)18-25-9-12-29(30(19-25)38-3)39-21-24-7-10-26(11-8-24)32(37)35-13-5-4-6-14-35/h7-12,15-19H,4-6,13-14,21H2,1-3H3,(H,34,36)/b27-18-. The molecule has 0 aliphatic carbocycles. The minimum absolute atomic E-state index is 0.0240. The summed E-state index contributed by atoms with van der Waals surface area (Å²) in [5, 5.41) is 12.4. The van der Waals surface area contributed by atoms with Gasteiger partial charge in [0, 0.05) is 24.3 Å². The Kier molecular flexibility index (Phi) is 9.01. The van der Waals surface area contributed by atoms with Crippen LogP contribution in [0.15, 0.2) is 66.2 Å². The highest BCUT2D eigenvalue weighted by Gasteiger charge is 2.18. The molecule has 3 aromatic carbocycles. The first kappa shape index (κ1) is 27.5. The Balaban J connectivity index is 1.41. The fraction of sp³-hybridized carbons (Fsp3) is 0.281. The van der Waals surface area contributed by atoms with Gasteiger partial charge in [-0.3, -0.25) is 9.59 Å². The molecule has 2 amide bonds. The van der Waals surface area contributed by atoms with Crippen molar-refractivity contribution in [3.05, 3.63) is 94.1 Å². The molecule has 7 heteroatoms. The van der Waals surface area contributed by atoms with Gasteiger partial charge in [0.1, 0.15) is 18.2 Å². The number of nitrogens with zero attached hydrogens (tertiary/aromatic N) is 2. The smallest absolute Gasteiger partial charge is 0.266 e. The van der Waals surface area contributed by atoms with Crippen molar-refractivity contribution in [1.29, 1.82) is 5.26 Å². The summed E-state index contributed by atoms with van der Waals surface area (Å²) in [6.07, 6.45) is 4.82. The quantitative estimate of drug-likeness (QED) is 0.286. The number of likely N-dealkylation sites (tertiary alicyclic amines) is 1. The number of hydrogen-bond acceptors (Lipinski definition) is 5. The Morgan fingerprint density at radius 1 is 0.949 bits per heavy atom. The minimum Gasteiger partial charge on any atom is -0.493 e. The van der Waals surface area contributed by atoms with Crippen molar-refractivity contribution in [2.24, 2.45) is 0 Å². The van der Waals surface area contributed by atoms with Crippen LogP contribution in [0.2, 0.25) is 0 Å². The Labute approximate surface area is 229 Å². The molecule has 0 radical (unpaired) electrons. The van der Waals surface area contributed by atoms with E-state index in [1.165, 1.54) is 19.6 Å². The molecule has 1 fully saturated rings. The van der Waals surface area contributed by atoms with Crippen LogP contribution in [-0.4, -0.2) is 36.9 Å². The predicted octanol–water partition coefficient (Wildman–Crippen LogP) is 6.06. The van der Waals surface area contributed by atoms with Gasteiger partial charge < -0.3 is 19.7 Å². The molecule has 1 N–H and O–H groups in total. The van der Waals surface area contributed by atoms with E-state index < -0.39 is 5.91 Å². The first-order chi connectivity index (χ1) is 18.9. The summed E-state index contributed by atoms with van der Waals surface area (Å²) in [5.74, 6) is 0.602. The molecule has 1 saturated heterocycles. The number of piperidine rings is 1. The molecule has 200 valence electrons. The zero-order valence-corrected chi connectivity index (χ0v) is 22.6. The van der Waals surface area contributed by atoms with Gasteiger partial charge in [-0.05, 0) is 97.8 Å². The largest absolute Gasteiger partial charge is 0.493 e. The van der Waals surface area contributed by atoms with Crippen molar-refractivity contribution < 1.29 is 19.1 Å². The Hall–Kier alpha value is -4.57. The van der Waals surface area contributed by atoms with Crippen molar-refractivity contribution >= 4 is 23.6 Å². The molecule has 4 rings (SSSR count). The summed E-state index contributed by atoms with van der Waals surface area (Å²) in [6.45, 7) is 5.84. The maximum Gasteiger partial charge on any atom is 0.266 e. The number of methoxy groups -OCH3 is 1. The summed E-state index contributed by atoms with van der Waals surface area (Å²) in [6, 6.07) is 20.4. The van der Waals surface area contributed by atoms with Crippen LogP contribution in [0.25, 0.3) is 6.08 Å². The molecule has 0 saturated carbocycles. The molecule has 0 aromatic heterocycles. The van der Waals surface area contributed by atoms with E-state index in [9.17, 15) is 14.9 Å². The van der Waals surface area contributed by atoms with Crippen LogP contribution in [0.4, 0.5) is 5.69 Å². The number of carbonyl (C=O) groups excluding carboxylic acids is 2. The molecule has 1 aliphatic heterocycles. The molecule has 0 bridgehead atoms. The van der Waals surface area contributed by atoms with Crippen molar-refractivity contribution in [3.63, 3.8) is 0 Å². The lowest BCUT2D eigenvalue weighted by atomic mass is 10.1. The van der Waals surface area contributed by atoms with E-state index in [2.05, 4.69) is 5.32 Å². The third-order valence-electron chi connectivity index (χ3n) is 6.58. The van der Waals surface area contributed by atoms with Crippen LogP contribution in [0, 0.1) is 25.2 Å². The number of rotatable bonds is 8. The highest BCUT2D eigenvalue weighted by molar-refractivity contribution is 6.09. The SMILES string of the molecule is COc1cc(/C=C(/C#N)C(=O)Nc2cc(C)cc(C)c2)ccc1OCc1ccc(C(=O)N2CCCCC2)cc1. The number of hydrogen-bond donors (Lipinski definition) is 1. The minimum atomic E-state index is -0.482. The average molecular weight is 524 g/mol. The molecule has 1 aliphatic rings. The van der Waals surface area contributed by atoms with Crippen molar-refractivity contribution in [1.82, 2.24) is 4.90 Å². The molecular formula is C32H33N3O4. The van der Waals surface area contributed by atoms with Crippen molar-refractivity contribution in [2.75, 3.05) is 25.5 Å². The maximum atomic E-state index is 12.7. The molecular weight excluding hydrogens is 490 g/mol. The van der Waals surface area contributed by atoms with E-state index in [1.54, 1.807) is 18.2 Å². The molecule has 7 nitrogen and oxygen atoms in total. The van der Waals surface area contributed by atoms with Gasteiger partial charge >= 0.3 is 0 Å². The van der Waals surface area contributed by atoms with E-state index in [4.69, 9.17) is 9.47 Å². The van der Waals surface area contributed by atoms with Gasteiger partial charge in [0.2, 0.25) is 0 Å². The van der Waals surface area contributed by atoms with Gasteiger partial charge in [0.15, 0.2) is 11.5 Å². The third-order valence-corrected chi connectivity index (χ3v) is 6.58. The summed E-state index contributed by atoms with van der Waals surface area (Å²) in [4.78, 5) is 27.3. The number of benzene rings is 3. The number of nitrogens with one attached hydrogen (secondary N) is 1. The van der Waals surface area contributed by atoms with E-state index in [1.807, 2.05) is 67.3 Å². The van der Waals surface area contributed by atoms with Gasteiger partial charge in [0.25, 0.3) is 11.8 Å². The Bertz CT molecular complexity index is 1390. The first-order valence-corrected chi connectivity index (χ1v) is 13.1. The zero-order chi connectivity index (χ0) is 27.8. The summed E-state index contributed by atoms with van der Waals surface area (Å²) in [7, 11) is 1.54. The number of ether oxygens (including phenoxy) is 2. The molecule has 39 heavy (non-hydrogen) atoms. The second-order valence-corrected chi connectivity index (χ2v) is 9.75. The molecule has 0 spiro atoms. The van der Waals surface area contributed by atoms with Crippen LogP contribution in [0.5, 0.6) is 11.5 Å². The topological polar surface area (TPSA) is 91.7 Å². The number of nitriles is 1. The van der Waals surface area contributed by atoms with Crippen LogP contribution in [0.1, 0.15) is 51.9 Å². The Morgan fingerprint density at radius 2 is 1.64 bits per heavy atom. The number of amides is 2. The molecule has 3 aromatic rings. The molecule has 1 heterocycles. The second-order valence-electron chi connectivity index (χ2n) is 9.75. The first-order valence-electron chi connectivity index (χ1n) is 13.1. The number of carbonyl (C=O) groups is 2. The van der Waals surface area contributed by atoms with Crippen molar-refractivity contribution in [3.8, 4) is 17.6 Å². The lowest BCUT2D eigenvalue weighted by Crippen LogP contribution is -2.35. The van der Waals surface area contributed by atoms with E-state index in [0.717, 1.165) is 42.6 Å². The van der Waals surface area contributed by atoms with E-state index >= 15 is 0 Å². The summed E-state index contributed by atoms with van der Waals surface area (Å²) >= 11 is 0. The van der Waals surface area contributed by atoms with Gasteiger partial charge in [-0.15, -0.1) is 0 Å². The van der Waals surface area contributed by atoms with Gasteiger partial charge in [0.05, 0.1) is 7.11 Å². The van der Waals surface area contributed by atoms with Crippen LogP contribution < -0.4 is 14.8 Å². The number of aryl methyl sites for hydroxylation is 2. The zero-order valence-electron chi connectivity index (χ0n) is 22.6. The van der Waals surface area contributed by atoms with Crippen molar-refractivity contribution in [2.45, 2.75) is 39.7 Å². The van der Waals surface area contributed by atoms with Crippen LogP contribution >= 0.6 is 0 Å². The highest BCUT2D eigenvalue weighted by Crippen LogP contribution is 2.30. The average Bonchev–Trinajstić information content (AvgIpc) is 2.94. The Morgan fingerprint density at radius 3 is 2.28 bits per heavy atom. The second kappa shape index (κ2) is 12.8. The van der Waals surface area contributed by atoms with Gasteiger partial charge in [-0.1, -0.05) is 24.3 Å². The van der Waals surface area contributed by atoms with Crippen LogP contribution in [-0.2, 0) is 11.4 Å². The maximum absolute atomic E-state index is 12.7. The lowest BCUT2D eigenvalue weighted by Gasteiger charge is -2.26. The molecule has 0 atom stereocenters. The van der Waals surface area contributed by atoms with E-state index in [0.29, 0.717) is 34.9 Å². The highest BCUT2D eigenvalue weighted by atomic mass is 16.5. The van der Waals surface area contributed by atoms with Gasteiger partial charge in [-0.25, -0.2) is 0 Å². The molecule has 0 unspecified atom stereocenters.